The highest BCUT2D eigenvalue weighted by Gasteiger charge is 2.18. The standard InChI is InChI=1S/C15H13ClF2N2O/c16-11-5-7-12(8-6-11)20-13(15(19)21)9-1-3-10(4-2-9)14(17)18/h1-8,13-14,20H,(H2,19,21). The zero-order valence-electron chi connectivity index (χ0n) is 10.9. The molecule has 1 atom stereocenters. The van der Waals surface area contributed by atoms with Crippen LogP contribution in [0.3, 0.4) is 0 Å². The summed E-state index contributed by atoms with van der Waals surface area (Å²) >= 11 is 5.78. The minimum atomic E-state index is -2.55. The second-order valence-electron chi connectivity index (χ2n) is 4.45. The quantitative estimate of drug-likeness (QED) is 0.879. The highest BCUT2D eigenvalue weighted by Crippen LogP contribution is 2.24. The number of nitrogens with one attached hydrogen (secondary N) is 1. The number of halogens is 3. The molecular formula is C15H13ClF2N2O. The first kappa shape index (κ1) is 15.3. The number of nitrogens with two attached hydrogens (primary N) is 1. The van der Waals surface area contributed by atoms with E-state index >= 15 is 0 Å². The molecular weight excluding hydrogens is 298 g/mol. The second-order valence-corrected chi connectivity index (χ2v) is 4.89. The summed E-state index contributed by atoms with van der Waals surface area (Å²) in [5.41, 5.74) is 6.43. The number of anilines is 1. The van der Waals surface area contributed by atoms with E-state index in [1.807, 2.05) is 0 Å². The lowest BCUT2D eigenvalue weighted by molar-refractivity contribution is -0.118. The van der Waals surface area contributed by atoms with E-state index in [1.165, 1.54) is 24.3 Å². The number of primary amides is 1. The van der Waals surface area contributed by atoms with Crippen LogP contribution in [-0.2, 0) is 4.79 Å². The largest absolute Gasteiger partial charge is 0.370 e. The van der Waals surface area contributed by atoms with Crippen LogP contribution in [0.2, 0.25) is 5.02 Å². The van der Waals surface area contributed by atoms with Crippen LogP contribution in [0, 0.1) is 0 Å². The van der Waals surface area contributed by atoms with Gasteiger partial charge in [0.1, 0.15) is 6.04 Å². The van der Waals surface area contributed by atoms with Gasteiger partial charge in [0.25, 0.3) is 6.43 Å². The van der Waals surface area contributed by atoms with Crippen LogP contribution in [0.25, 0.3) is 0 Å². The SMILES string of the molecule is NC(=O)C(Nc1ccc(Cl)cc1)c1ccc(C(F)F)cc1. The van der Waals surface area contributed by atoms with Gasteiger partial charge >= 0.3 is 0 Å². The Morgan fingerprint density at radius 2 is 1.52 bits per heavy atom. The number of hydrogen-bond donors (Lipinski definition) is 2. The lowest BCUT2D eigenvalue weighted by Gasteiger charge is -2.17. The molecule has 3 N–H and O–H groups in total. The number of benzene rings is 2. The molecule has 2 rings (SSSR count). The van der Waals surface area contributed by atoms with Crippen LogP contribution in [0.1, 0.15) is 23.6 Å². The summed E-state index contributed by atoms with van der Waals surface area (Å²) in [6.07, 6.45) is -2.55. The molecule has 110 valence electrons. The van der Waals surface area contributed by atoms with Crippen molar-refractivity contribution in [1.82, 2.24) is 0 Å². The van der Waals surface area contributed by atoms with Crippen LogP contribution >= 0.6 is 11.6 Å². The van der Waals surface area contributed by atoms with Crippen molar-refractivity contribution in [2.45, 2.75) is 12.5 Å². The van der Waals surface area contributed by atoms with Crippen molar-refractivity contribution in [2.24, 2.45) is 5.73 Å². The second kappa shape index (κ2) is 6.54. The normalized spacial score (nSPS) is 12.2. The third kappa shape index (κ3) is 3.92. The number of carbonyl (C=O) groups excluding carboxylic acids is 1. The van der Waals surface area contributed by atoms with Gasteiger partial charge in [-0.15, -0.1) is 0 Å². The van der Waals surface area contributed by atoms with E-state index in [0.717, 1.165) is 0 Å². The van der Waals surface area contributed by atoms with Crippen molar-refractivity contribution in [1.29, 1.82) is 0 Å². The molecule has 0 aliphatic carbocycles. The van der Waals surface area contributed by atoms with E-state index in [4.69, 9.17) is 17.3 Å². The fraction of sp³-hybridized carbons (Fsp3) is 0.133. The Hall–Kier alpha value is -2.14. The summed E-state index contributed by atoms with van der Waals surface area (Å²) in [5.74, 6) is -0.602. The zero-order chi connectivity index (χ0) is 15.4. The summed E-state index contributed by atoms with van der Waals surface area (Å²) in [5, 5.41) is 3.52. The zero-order valence-corrected chi connectivity index (χ0v) is 11.6. The summed E-state index contributed by atoms with van der Waals surface area (Å²) in [6.45, 7) is 0. The van der Waals surface area contributed by atoms with Crippen molar-refractivity contribution in [2.75, 3.05) is 5.32 Å². The molecule has 2 aromatic rings. The van der Waals surface area contributed by atoms with E-state index in [0.29, 0.717) is 16.3 Å². The Kier molecular flexibility index (Phi) is 4.75. The maximum atomic E-state index is 12.5. The summed E-state index contributed by atoms with van der Waals surface area (Å²) in [7, 11) is 0. The third-order valence-electron chi connectivity index (χ3n) is 2.96. The van der Waals surface area contributed by atoms with E-state index in [1.54, 1.807) is 24.3 Å². The monoisotopic (exact) mass is 310 g/mol. The lowest BCUT2D eigenvalue weighted by Crippen LogP contribution is -2.27. The molecule has 0 aromatic heterocycles. The molecule has 6 heteroatoms. The fourth-order valence-corrected chi connectivity index (χ4v) is 1.99. The molecule has 0 heterocycles. The Labute approximate surface area is 125 Å². The molecule has 21 heavy (non-hydrogen) atoms. The molecule has 3 nitrogen and oxygen atoms in total. The van der Waals surface area contributed by atoms with Crippen molar-refractivity contribution >= 4 is 23.2 Å². The van der Waals surface area contributed by atoms with E-state index < -0.39 is 18.4 Å². The predicted octanol–water partition coefficient (Wildman–Crippen LogP) is 3.92. The fourth-order valence-electron chi connectivity index (χ4n) is 1.87. The van der Waals surface area contributed by atoms with Gasteiger partial charge in [0.2, 0.25) is 5.91 Å². The number of carbonyl (C=O) groups is 1. The van der Waals surface area contributed by atoms with Gasteiger partial charge in [0, 0.05) is 16.3 Å². The highest BCUT2D eigenvalue weighted by molar-refractivity contribution is 6.30. The van der Waals surface area contributed by atoms with Crippen LogP contribution in [0.15, 0.2) is 48.5 Å². The number of hydrogen-bond acceptors (Lipinski definition) is 2. The number of alkyl halides is 2. The van der Waals surface area contributed by atoms with Crippen molar-refractivity contribution in [3.63, 3.8) is 0 Å². The maximum absolute atomic E-state index is 12.5. The third-order valence-corrected chi connectivity index (χ3v) is 3.21. The molecule has 0 radical (unpaired) electrons. The molecule has 0 saturated carbocycles. The average Bonchev–Trinajstić information content (AvgIpc) is 2.46. The number of amides is 1. The molecule has 0 spiro atoms. The molecule has 0 bridgehead atoms. The molecule has 0 fully saturated rings. The first-order chi connectivity index (χ1) is 9.97. The predicted molar refractivity (Wildman–Crippen MR) is 78.4 cm³/mol. The van der Waals surface area contributed by atoms with Crippen LogP contribution < -0.4 is 11.1 Å². The summed E-state index contributed by atoms with van der Waals surface area (Å²) in [6, 6.07) is 11.4. The molecule has 0 saturated heterocycles. The topological polar surface area (TPSA) is 55.1 Å². The molecule has 2 aromatic carbocycles. The number of rotatable bonds is 5. The Bertz CT molecular complexity index is 615. The van der Waals surface area contributed by atoms with Crippen molar-refractivity contribution < 1.29 is 13.6 Å². The Balaban J connectivity index is 2.22. The van der Waals surface area contributed by atoms with Crippen molar-refractivity contribution in [3.8, 4) is 0 Å². The molecule has 1 amide bonds. The molecule has 0 aliphatic rings. The highest BCUT2D eigenvalue weighted by atomic mass is 35.5. The van der Waals surface area contributed by atoms with Crippen LogP contribution in [0.5, 0.6) is 0 Å². The van der Waals surface area contributed by atoms with Gasteiger partial charge in [-0.1, -0.05) is 35.9 Å². The molecule has 1 unspecified atom stereocenters. The average molecular weight is 311 g/mol. The minimum Gasteiger partial charge on any atom is -0.370 e. The van der Waals surface area contributed by atoms with Gasteiger partial charge in [-0.25, -0.2) is 8.78 Å². The van der Waals surface area contributed by atoms with Gasteiger partial charge in [-0.2, -0.15) is 0 Å². The first-order valence-electron chi connectivity index (χ1n) is 6.17. The summed E-state index contributed by atoms with van der Waals surface area (Å²) < 4.78 is 25.0. The van der Waals surface area contributed by atoms with Gasteiger partial charge in [0.15, 0.2) is 0 Å². The van der Waals surface area contributed by atoms with Crippen LogP contribution in [-0.4, -0.2) is 5.91 Å². The Morgan fingerprint density at radius 1 is 1.00 bits per heavy atom. The van der Waals surface area contributed by atoms with Crippen molar-refractivity contribution in [3.05, 3.63) is 64.7 Å². The van der Waals surface area contributed by atoms with Gasteiger partial charge < -0.3 is 11.1 Å². The Morgan fingerprint density at radius 3 is 2.00 bits per heavy atom. The van der Waals surface area contributed by atoms with E-state index in [-0.39, 0.29) is 5.56 Å². The first-order valence-corrected chi connectivity index (χ1v) is 6.54. The lowest BCUT2D eigenvalue weighted by atomic mass is 10.0. The molecule has 0 aliphatic heterocycles. The van der Waals surface area contributed by atoms with Gasteiger partial charge in [0.05, 0.1) is 0 Å². The smallest absolute Gasteiger partial charge is 0.263 e. The van der Waals surface area contributed by atoms with Gasteiger partial charge in [-0.05, 0) is 29.8 Å². The van der Waals surface area contributed by atoms with Gasteiger partial charge in [-0.3, -0.25) is 4.79 Å². The van der Waals surface area contributed by atoms with E-state index in [9.17, 15) is 13.6 Å². The maximum Gasteiger partial charge on any atom is 0.263 e. The summed E-state index contributed by atoms with van der Waals surface area (Å²) in [4.78, 5) is 11.6. The minimum absolute atomic E-state index is 0.103. The van der Waals surface area contributed by atoms with Crippen LogP contribution in [0.4, 0.5) is 14.5 Å². The van der Waals surface area contributed by atoms with E-state index in [2.05, 4.69) is 5.32 Å².